The van der Waals surface area contributed by atoms with E-state index in [1.807, 2.05) is 12.1 Å². The molecule has 5 rings (SSSR count). The average Bonchev–Trinajstić information content (AvgIpc) is 2.81. The fourth-order valence-corrected chi connectivity index (χ4v) is 6.81. The van der Waals surface area contributed by atoms with Gasteiger partial charge in [-0.15, -0.1) is 11.8 Å². The van der Waals surface area contributed by atoms with Crippen molar-refractivity contribution < 1.29 is 9.53 Å². The summed E-state index contributed by atoms with van der Waals surface area (Å²) in [4.78, 5) is 19.8. The number of Topliss-reactive ketones (excluding diaryl/α,β-unsaturated/α-hetero) is 1. The Labute approximate surface area is 164 Å². The van der Waals surface area contributed by atoms with Crippen LogP contribution in [-0.4, -0.2) is 35.2 Å². The normalized spacial score (nSPS) is 31.7. The Morgan fingerprint density at radius 2 is 2.07 bits per heavy atom. The molecule has 1 aromatic heterocycles. The number of rotatable bonds is 3. The molecule has 0 amide bonds. The first-order valence-electron chi connectivity index (χ1n) is 9.78. The van der Waals surface area contributed by atoms with Crippen LogP contribution in [0.15, 0.2) is 47.4 Å². The second-order valence-electron chi connectivity index (χ2n) is 7.87. The molecule has 1 N–H and O–H groups in total. The second kappa shape index (κ2) is 6.64. The highest BCUT2D eigenvalue weighted by atomic mass is 32.2. The molecule has 5 heteroatoms. The molecule has 1 aliphatic heterocycles. The van der Waals surface area contributed by atoms with Crippen molar-refractivity contribution in [2.45, 2.75) is 47.3 Å². The lowest BCUT2D eigenvalue weighted by molar-refractivity contribution is 0.0802. The van der Waals surface area contributed by atoms with Gasteiger partial charge in [0.2, 0.25) is 5.88 Å². The van der Waals surface area contributed by atoms with Crippen LogP contribution >= 0.6 is 11.8 Å². The predicted octanol–water partition coefficient (Wildman–Crippen LogP) is 4.06. The van der Waals surface area contributed by atoms with E-state index in [0.717, 1.165) is 37.8 Å². The molecule has 2 fully saturated rings. The Balaban J connectivity index is 1.67. The van der Waals surface area contributed by atoms with Crippen molar-refractivity contribution in [3.63, 3.8) is 0 Å². The lowest BCUT2D eigenvalue weighted by Crippen LogP contribution is -2.57. The molecule has 27 heavy (non-hydrogen) atoms. The van der Waals surface area contributed by atoms with Gasteiger partial charge in [0.15, 0.2) is 5.78 Å². The number of nitrogens with one attached hydrogen (secondary N) is 1. The molecule has 4 nitrogen and oxygen atoms in total. The number of benzene rings is 1. The number of hydrogen-bond donors (Lipinski definition) is 1. The van der Waals surface area contributed by atoms with E-state index in [-0.39, 0.29) is 5.78 Å². The van der Waals surface area contributed by atoms with E-state index in [4.69, 9.17) is 4.74 Å². The first-order valence-corrected chi connectivity index (χ1v) is 10.6. The lowest BCUT2D eigenvalue weighted by Gasteiger charge is -2.49. The summed E-state index contributed by atoms with van der Waals surface area (Å²) in [5.74, 6) is 1.41. The topological polar surface area (TPSA) is 51.2 Å². The molecule has 1 saturated carbocycles. The van der Waals surface area contributed by atoms with Gasteiger partial charge in [-0.05, 0) is 48.8 Å². The maximum absolute atomic E-state index is 14.0. The number of fused-ring (bicyclic) bond motifs is 3. The minimum absolute atomic E-state index is 0.200. The minimum Gasteiger partial charge on any atom is -0.481 e. The number of hydrogen-bond acceptors (Lipinski definition) is 5. The number of aromatic nitrogens is 1. The van der Waals surface area contributed by atoms with E-state index in [9.17, 15) is 4.79 Å². The predicted molar refractivity (Wildman–Crippen MR) is 107 cm³/mol. The fourth-order valence-electron chi connectivity index (χ4n) is 5.25. The largest absolute Gasteiger partial charge is 0.481 e. The Morgan fingerprint density at radius 1 is 1.22 bits per heavy atom. The molecule has 4 atom stereocenters. The van der Waals surface area contributed by atoms with Crippen molar-refractivity contribution in [3.8, 4) is 5.88 Å². The summed E-state index contributed by atoms with van der Waals surface area (Å²) in [6, 6.07) is 14.7. The number of piperidine rings is 1. The Kier molecular flexibility index (Phi) is 4.25. The Hall–Kier alpha value is -1.85. The SMILES string of the molecule is COc1ccc2c(n1)C(=O)[C@@]1(Sc3ccccc3)CCC[C@H]3NC[C@@H]2C[C@H]31. The molecule has 2 aliphatic carbocycles. The highest BCUT2D eigenvalue weighted by molar-refractivity contribution is 8.01. The number of pyridine rings is 1. The smallest absolute Gasteiger partial charge is 0.213 e. The Bertz CT molecular complexity index is 872. The summed E-state index contributed by atoms with van der Waals surface area (Å²) in [5, 5.41) is 3.77. The van der Waals surface area contributed by atoms with Gasteiger partial charge in [-0.1, -0.05) is 30.7 Å². The van der Waals surface area contributed by atoms with Gasteiger partial charge < -0.3 is 10.1 Å². The van der Waals surface area contributed by atoms with Crippen LogP contribution in [0.1, 0.15) is 47.7 Å². The first kappa shape index (κ1) is 17.3. The van der Waals surface area contributed by atoms with Crippen LogP contribution in [-0.2, 0) is 0 Å². The van der Waals surface area contributed by atoms with E-state index in [0.29, 0.717) is 29.5 Å². The van der Waals surface area contributed by atoms with Crippen molar-refractivity contribution in [2.75, 3.05) is 13.7 Å². The quantitative estimate of drug-likeness (QED) is 0.870. The van der Waals surface area contributed by atoms with E-state index in [1.54, 1.807) is 18.9 Å². The van der Waals surface area contributed by atoms with Crippen LogP contribution in [0.4, 0.5) is 0 Å². The molecule has 2 heterocycles. The molecular formula is C22H24N2O2S. The lowest BCUT2D eigenvalue weighted by atomic mass is 9.69. The van der Waals surface area contributed by atoms with E-state index in [1.165, 1.54) is 4.90 Å². The summed E-state index contributed by atoms with van der Waals surface area (Å²) < 4.78 is 4.91. The van der Waals surface area contributed by atoms with Gasteiger partial charge in [0, 0.05) is 23.5 Å². The molecule has 2 bridgehead atoms. The van der Waals surface area contributed by atoms with Gasteiger partial charge in [-0.25, -0.2) is 4.98 Å². The van der Waals surface area contributed by atoms with Crippen molar-refractivity contribution in [1.82, 2.24) is 10.3 Å². The molecule has 0 radical (unpaired) electrons. The average molecular weight is 381 g/mol. The number of carbonyl (C=O) groups excluding carboxylic acids is 1. The maximum Gasteiger partial charge on any atom is 0.213 e. The van der Waals surface area contributed by atoms with Crippen molar-refractivity contribution in [2.24, 2.45) is 5.92 Å². The van der Waals surface area contributed by atoms with Gasteiger partial charge in [-0.3, -0.25) is 4.79 Å². The van der Waals surface area contributed by atoms with Crippen LogP contribution < -0.4 is 10.1 Å². The highest BCUT2D eigenvalue weighted by Gasteiger charge is 2.56. The zero-order valence-electron chi connectivity index (χ0n) is 15.5. The number of ether oxygens (including phenoxy) is 1. The molecule has 1 aromatic carbocycles. The first-order chi connectivity index (χ1) is 13.2. The van der Waals surface area contributed by atoms with Crippen LogP contribution in [0.5, 0.6) is 5.88 Å². The van der Waals surface area contributed by atoms with E-state index in [2.05, 4.69) is 40.6 Å². The van der Waals surface area contributed by atoms with Gasteiger partial charge in [0.25, 0.3) is 0 Å². The summed E-state index contributed by atoms with van der Waals surface area (Å²) in [5.41, 5.74) is 1.73. The monoisotopic (exact) mass is 380 g/mol. The van der Waals surface area contributed by atoms with Crippen LogP contribution in [0, 0.1) is 5.92 Å². The molecular weight excluding hydrogens is 356 g/mol. The number of methoxy groups -OCH3 is 1. The van der Waals surface area contributed by atoms with Gasteiger partial charge in [0.05, 0.1) is 11.9 Å². The summed E-state index contributed by atoms with van der Waals surface area (Å²) >= 11 is 1.76. The maximum atomic E-state index is 14.0. The van der Waals surface area contributed by atoms with Gasteiger partial charge >= 0.3 is 0 Å². The van der Waals surface area contributed by atoms with E-state index >= 15 is 0 Å². The number of carbonyl (C=O) groups is 1. The number of ketones is 1. The number of nitrogens with zero attached hydrogens (tertiary/aromatic N) is 1. The Morgan fingerprint density at radius 3 is 2.89 bits per heavy atom. The zero-order valence-corrected chi connectivity index (χ0v) is 16.3. The van der Waals surface area contributed by atoms with Crippen LogP contribution in [0.2, 0.25) is 0 Å². The molecule has 0 unspecified atom stereocenters. The third kappa shape index (κ3) is 2.71. The molecule has 140 valence electrons. The number of thioether (sulfide) groups is 1. The van der Waals surface area contributed by atoms with Crippen molar-refractivity contribution in [1.29, 1.82) is 0 Å². The minimum atomic E-state index is -0.444. The van der Waals surface area contributed by atoms with Gasteiger partial charge in [0.1, 0.15) is 5.69 Å². The third-order valence-electron chi connectivity index (χ3n) is 6.51. The summed E-state index contributed by atoms with van der Waals surface area (Å²) in [6.07, 6.45) is 4.21. The zero-order chi connectivity index (χ0) is 18.4. The standard InChI is InChI=1S/C22H24N2O2S/c1-26-19-10-9-16-14-12-17-18(23-13-14)8-5-11-22(17,21(25)20(16)24-19)27-15-6-3-2-4-7-15/h2-4,6-7,9-10,14,17-18,23H,5,8,11-13H2,1H3/t14-,17+,18+,22+/m0/s1. The highest BCUT2D eigenvalue weighted by Crippen LogP contribution is 2.55. The van der Waals surface area contributed by atoms with Crippen molar-refractivity contribution >= 4 is 17.5 Å². The van der Waals surface area contributed by atoms with Gasteiger partial charge in [-0.2, -0.15) is 0 Å². The molecule has 2 aromatic rings. The second-order valence-corrected chi connectivity index (χ2v) is 9.28. The van der Waals surface area contributed by atoms with Crippen LogP contribution in [0.25, 0.3) is 0 Å². The fraction of sp³-hybridized carbons (Fsp3) is 0.455. The van der Waals surface area contributed by atoms with Crippen LogP contribution in [0.3, 0.4) is 0 Å². The van der Waals surface area contributed by atoms with E-state index < -0.39 is 4.75 Å². The summed E-state index contributed by atoms with van der Waals surface area (Å²) in [6.45, 7) is 0.932. The summed E-state index contributed by atoms with van der Waals surface area (Å²) in [7, 11) is 1.61. The molecule has 3 aliphatic rings. The third-order valence-corrected chi connectivity index (χ3v) is 8.07. The molecule has 0 spiro atoms. The molecule has 1 saturated heterocycles. The van der Waals surface area contributed by atoms with Crippen molar-refractivity contribution in [3.05, 3.63) is 53.7 Å².